The quantitative estimate of drug-likeness (QED) is 0.855. The van der Waals surface area contributed by atoms with Gasteiger partial charge in [0.05, 0.1) is 0 Å². The molecule has 1 rings (SSSR count). The molecule has 0 unspecified atom stereocenters. The molecule has 0 saturated carbocycles. The van der Waals surface area contributed by atoms with E-state index in [-0.39, 0.29) is 11.3 Å². The Kier molecular flexibility index (Phi) is 4.63. The topological polar surface area (TPSA) is 46.3 Å². The minimum absolute atomic E-state index is 0.00907. The van der Waals surface area contributed by atoms with Crippen LogP contribution in [-0.4, -0.2) is 17.9 Å². The zero-order valence-corrected chi connectivity index (χ0v) is 12.2. The van der Waals surface area contributed by atoms with Crippen LogP contribution in [0.15, 0.2) is 18.2 Å². The highest BCUT2D eigenvalue weighted by Crippen LogP contribution is 2.23. The van der Waals surface area contributed by atoms with Crippen molar-refractivity contribution in [2.75, 3.05) is 12.8 Å². The molecule has 0 saturated heterocycles. The first-order valence-electron chi connectivity index (χ1n) is 5.97. The van der Waals surface area contributed by atoms with Gasteiger partial charge in [0.1, 0.15) is 0 Å². The van der Waals surface area contributed by atoms with Crippen LogP contribution in [0.1, 0.15) is 32.8 Å². The van der Waals surface area contributed by atoms with E-state index in [0.29, 0.717) is 23.7 Å². The zero-order valence-electron chi connectivity index (χ0n) is 11.5. The molecular formula is C14H21ClN2O. The normalized spacial score (nSPS) is 11.4. The maximum absolute atomic E-state index is 12.0. The van der Waals surface area contributed by atoms with Gasteiger partial charge in [-0.1, -0.05) is 32.4 Å². The number of nitrogens with two attached hydrogens (primary N) is 1. The average molecular weight is 269 g/mol. The van der Waals surface area contributed by atoms with Crippen molar-refractivity contribution >= 4 is 23.2 Å². The summed E-state index contributed by atoms with van der Waals surface area (Å²) in [6.45, 7) is 6.63. The highest BCUT2D eigenvalue weighted by atomic mass is 35.5. The second-order valence-electron chi connectivity index (χ2n) is 5.84. The van der Waals surface area contributed by atoms with Gasteiger partial charge in [-0.15, -0.1) is 0 Å². The van der Waals surface area contributed by atoms with Gasteiger partial charge in [-0.05, 0) is 29.2 Å². The lowest BCUT2D eigenvalue weighted by atomic mass is 9.91. The van der Waals surface area contributed by atoms with Gasteiger partial charge in [0.15, 0.2) is 0 Å². The molecule has 0 aliphatic carbocycles. The first-order valence-corrected chi connectivity index (χ1v) is 6.35. The van der Waals surface area contributed by atoms with Crippen LogP contribution in [0.25, 0.3) is 0 Å². The number of nitrogens with zero attached hydrogens (tertiary/aromatic N) is 1. The van der Waals surface area contributed by atoms with Crippen LogP contribution in [0.2, 0.25) is 5.02 Å². The summed E-state index contributed by atoms with van der Waals surface area (Å²) < 4.78 is 0. The molecule has 0 bridgehead atoms. The number of carbonyl (C=O) groups is 1. The van der Waals surface area contributed by atoms with Gasteiger partial charge in [-0.2, -0.15) is 0 Å². The number of hydrogen-bond acceptors (Lipinski definition) is 2. The summed E-state index contributed by atoms with van der Waals surface area (Å²) in [7, 11) is 1.79. The molecule has 1 amide bonds. The van der Waals surface area contributed by atoms with Gasteiger partial charge in [-0.25, -0.2) is 0 Å². The van der Waals surface area contributed by atoms with Crippen molar-refractivity contribution in [3.8, 4) is 0 Å². The van der Waals surface area contributed by atoms with E-state index in [2.05, 4.69) is 0 Å². The second-order valence-corrected chi connectivity index (χ2v) is 6.25. The number of nitrogen functional groups attached to an aromatic ring is 1. The van der Waals surface area contributed by atoms with Gasteiger partial charge in [0, 0.05) is 30.7 Å². The molecule has 0 spiro atoms. The molecule has 1 aromatic carbocycles. The van der Waals surface area contributed by atoms with E-state index in [0.717, 1.165) is 5.56 Å². The predicted octanol–water partition coefficient (Wildman–Crippen LogP) is 3.32. The van der Waals surface area contributed by atoms with E-state index in [4.69, 9.17) is 17.3 Å². The van der Waals surface area contributed by atoms with Gasteiger partial charge >= 0.3 is 0 Å². The fourth-order valence-electron chi connectivity index (χ4n) is 1.65. The van der Waals surface area contributed by atoms with Crippen LogP contribution in [0, 0.1) is 5.41 Å². The summed E-state index contributed by atoms with van der Waals surface area (Å²) in [6, 6.07) is 5.32. The zero-order chi connectivity index (χ0) is 13.9. The van der Waals surface area contributed by atoms with E-state index in [1.165, 1.54) is 0 Å². The van der Waals surface area contributed by atoms with E-state index in [1.54, 1.807) is 24.1 Å². The van der Waals surface area contributed by atoms with Crippen LogP contribution in [-0.2, 0) is 11.3 Å². The third kappa shape index (κ3) is 4.57. The van der Waals surface area contributed by atoms with Crippen molar-refractivity contribution in [1.82, 2.24) is 4.90 Å². The predicted molar refractivity (Wildman–Crippen MR) is 76.4 cm³/mol. The minimum Gasteiger partial charge on any atom is -0.399 e. The second kappa shape index (κ2) is 5.61. The summed E-state index contributed by atoms with van der Waals surface area (Å²) >= 11 is 6.08. The molecule has 0 aromatic heterocycles. The maximum atomic E-state index is 12.0. The molecule has 100 valence electrons. The summed E-state index contributed by atoms with van der Waals surface area (Å²) in [5, 5.41) is 0.639. The van der Waals surface area contributed by atoms with Crippen LogP contribution in [0.3, 0.4) is 0 Å². The Balaban J connectivity index is 2.72. The van der Waals surface area contributed by atoms with E-state index >= 15 is 0 Å². The van der Waals surface area contributed by atoms with Gasteiger partial charge in [-0.3, -0.25) is 4.79 Å². The fourth-order valence-corrected chi connectivity index (χ4v) is 1.83. The standard InChI is InChI=1S/C14H21ClN2O/c1-14(2,3)8-13(18)17(4)9-10-7-11(16)5-6-12(10)15/h5-7H,8-9,16H2,1-4H3. The Bertz CT molecular complexity index is 438. The van der Waals surface area contributed by atoms with Crippen LogP contribution in [0.5, 0.6) is 0 Å². The summed E-state index contributed by atoms with van der Waals surface area (Å²) in [5.41, 5.74) is 7.24. The number of benzene rings is 1. The molecule has 0 aliphatic heterocycles. The van der Waals surface area contributed by atoms with Crippen molar-refractivity contribution in [2.45, 2.75) is 33.7 Å². The Morgan fingerprint density at radius 3 is 2.56 bits per heavy atom. The smallest absolute Gasteiger partial charge is 0.223 e. The minimum atomic E-state index is -0.00907. The number of hydrogen-bond donors (Lipinski definition) is 1. The molecular weight excluding hydrogens is 248 g/mol. The highest BCUT2D eigenvalue weighted by molar-refractivity contribution is 6.31. The van der Waals surface area contributed by atoms with Gasteiger partial charge in [0.2, 0.25) is 5.91 Å². The Labute approximate surface area is 114 Å². The molecule has 3 nitrogen and oxygen atoms in total. The van der Waals surface area contributed by atoms with Crippen LogP contribution in [0.4, 0.5) is 5.69 Å². The lowest BCUT2D eigenvalue weighted by Crippen LogP contribution is -2.29. The van der Waals surface area contributed by atoms with Gasteiger partial charge in [0.25, 0.3) is 0 Å². The monoisotopic (exact) mass is 268 g/mol. The number of carbonyl (C=O) groups excluding carboxylic acids is 1. The van der Waals surface area contributed by atoms with Crippen molar-refractivity contribution in [1.29, 1.82) is 0 Å². The molecule has 0 radical (unpaired) electrons. The van der Waals surface area contributed by atoms with E-state index < -0.39 is 0 Å². The number of amides is 1. The first kappa shape index (κ1) is 14.8. The summed E-state index contributed by atoms with van der Waals surface area (Å²) in [6.07, 6.45) is 0.517. The SMILES string of the molecule is CN(Cc1cc(N)ccc1Cl)C(=O)CC(C)(C)C. The van der Waals surface area contributed by atoms with Crippen LogP contribution >= 0.6 is 11.6 Å². The van der Waals surface area contributed by atoms with Crippen molar-refractivity contribution < 1.29 is 4.79 Å². The van der Waals surface area contributed by atoms with E-state index in [9.17, 15) is 4.79 Å². The Morgan fingerprint density at radius 1 is 1.39 bits per heavy atom. The summed E-state index contributed by atoms with van der Waals surface area (Å²) in [5.74, 6) is 0.112. The van der Waals surface area contributed by atoms with Crippen molar-refractivity contribution in [2.24, 2.45) is 5.41 Å². The van der Waals surface area contributed by atoms with Crippen molar-refractivity contribution in [3.05, 3.63) is 28.8 Å². The molecule has 0 aliphatic rings. The average Bonchev–Trinajstić information content (AvgIpc) is 2.21. The molecule has 2 N–H and O–H groups in total. The molecule has 1 aromatic rings. The number of halogens is 1. The van der Waals surface area contributed by atoms with Gasteiger partial charge < -0.3 is 10.6 Å². The maximum Gasteiger partial charge on any atom is 0.223 e. The fraction of sp³-hybridized carbons (Fsp3) is 0.500. The number of anilines is 1. The Morgan fingerprint density at radius 2 is 2.00 bits per heavy atom. The molecule has 18 heavy (non-hydrogen) atoms. The summed E-state index contributed by atoms with van der Waals surface area (Å²) in [4.78, 5) is 13.7. The van der Waals surface area contributed by atoms with E-state index in [1.807, 2.05) is 26.8 Å². The molecule has 0 heterocycles. The Hall–Kier alpha value is -1.22. The molecule has 0 fully saturated rings. The number of rotatable bonds is 3. The lowest BCUT2D eigenvalue weighted by molar-refractivity contribution is -0.132. The lowest BCUT2D eigenvalue weighted by Gasteiger charge is -2.23. The van der Waals surface area contributed by atoms with Crippen LogP contribution < -0.4 is 5.73 Å². The highest BCUT2D eigenvalue weighted by Gasteiger charge is 2.19. The molecule has 0 atom stereocenters. The molecule has 4 heteroatoms. The third-order valence-electron chi connectivity index (χ3n) is 2.58. The van der Waals surface area contributed by atoms with Crippen molar-refractivity contribution in [3.63, 3.8) is 0 Å². The largest absolute Gasteiger partial charge is 0.399 e. The first-order chi connectivity index (χ1) is 8.19. The third-order valence-corrected chi connectivity index (χ3v) is 2.95.